The van der Waals surface area contributed by atoms with Crippen LogP contribution in [0.5, 0.6) is 0 Å². The fourth-order valence-corrected chi connectivity index (χ4v) is 2.69. The summed E-state index contributed by atoms with van der Waals surface area (Å²) in [6, 6.07) is 6.65. The second kappa shape index (κ2) is 6.62. The highest BCUT2D eigenvalue weighted by Gasteiger charge is 2.40. The molecule has 1 aromatic rings. The number of hydrogen-bond donors (Lipinski definition) is 0. The van der Waals surface area contributed by atoms with Crippen LogP contribution < -0.4 is 0 Å². The van der Waals surface area contributed by atoms with Crippen LogP contribution in [0.3, 0.4) is 0 Å². The van der Waals surface area contributed by atoms with E-state index in [1.54, 1.807) is 42.2 Å². The van der Waals surface area contributed by atoms with Gasteiger partial charge in [0.05, 0.1) is 12.0 Å². The molecule has 0 saturated heterocycles. The molecule has 0 aliphatic carbocycles. The van der Waals surface area contributed by atoms with Crippen molar-refractivity contribution in [2.75, 3.05) is 13.7 Å². The highest BCUT2D eigenvalue weighted by molar-refractivity contribution is 6.31. The Morgan fingerprint density at radius 3 is 2.77 bits per heavy atom. The molecule has 2 rings (SSSR count). The summed E-state index contributed by atoms with van der Waals surface area (Å²) < 4.78 is 5.27. The van der Waals surface area contributed by atoms with Crippen molar-refractivity contribution < 1.29 is 9.66 Å². The van der Waals surface area contributed by atoms with Crippen LogP contribution >= 0.6 is 11.6 Å². The Balaban J connectivity index is 2.67. The van der Waals surface area contributed by atoms with Crippen molar-refractivity contribution in [3.8, 4) is 0 Å². The number of allylic oxidation sites excluding steroid dienone is 1. The quantitative estimate of drug-likeness (QED) is 0.484. The van der Waals surface area contributed by atoms with E-state index in [4.69, 9.17) is 16.3 Å². The van der Waals surface area contributed by atoms with Crippen LogP contribution in [0.15, 0.2) is 53.3 Å². The average Bonchev–Trinajstić information content (AvgIpc) is 2.48. The SMILES string of the molecule is C=CCN1C(OC)=NC(C)=C([N+](=O)[O-])C1c1ccccc1Cl. The summed E-state index contributed by atoms with van der Waals surface area (Å²) in [5, 5.41) is 12.0. The largest absolute Gasteiger partial charge is 0.468 e. The van der Waals surface area contributed by atoms with Crippen LogP contribution in [-0.4, -0.2) is 29.5 Å². The van der Waals surface area contributed by atoms with Gasteiger partial charge in [-0.05, 0) is 13.0 Å². The Bertz CT molecular complexity index is 670. The van der Waals surface area contributed by atoms with Crippen molar-refractivity contribution in [1.29, 1.82) is 0 Å². The van der Waals surface area contributed by atoms with Gasteiger partial charge in [0.25, 0.3) is 11.7 Å². The number of nitro groups is 1. The van der Waals surface area contributed by atoms with E-state index in [2.05, 4.69) is 11.6 Å². The van der Waals surface area contributed by atoms with E-state index in [1.807, 2.05) is 0 Å². The van der Waals surface area contributed by atoms with Crippen molar-refractivity contribution in [2.45, 2.75) is 13.0 Å². The van der Waals surface area contributed by atoms with Crippen molar-refractivity contribution in [2.24, 2.45) is 4.99 Å². The smallest absolute Gasteiger partial charge is 0.294 e. The highest BCUT2D eigenvalue weighted by atomic mass is 35.5. The number of aliphatic imine (C=N–C) groups is 1. The molecule has 0 aromatic heterocycles. The van der Waals surface area contributed by atoms with E-state index in [1.165, 1.54) is 7.11 Å². The molecule has 0 spiro atoms. The molecular weight excluding hydrogens is 306 g/mol. The maximum atomic E-state index is 11.5. The predicted octanol–water partition coefficient (Wildman–Crippen LogP) is 3.39. The summed E-state index contributed by atoms with van der Waals surface area (Å²) in [7, 11) is 1.48. The number of amidine groups is 1. The van der Waals surface area contributed by atoms with Gasteiger partial charge < -0.3 is 9.64 Å². The van der Waals surface area contributed by atoms with E-state index in [0.29, 0.717) is 28.8 Å². The minimum absolute atomic E-state index is 0.0178. The van der Waals surface area contributed by atoms with Gasteiger partial charge in [0.1, 0.15) is 5.70 Å². The fraction of sp³-hybridized carbons (Fsp3) is 0.267. The fourth-order valence-electron chi connectivity index (χ4n) is 2.45. The van der Waals surface area contributed by atoms with Crippen LogP contribution in [0.4, 0.5) is 0 Å². The predicted molar refractivity (Wildman–Crippen MR) is 85.2 cm³/mol. The molecule has 1 aliphatic rings. The van der Waals surface area contributed by atoms with Crippen molar-refractivity contribution in [3.05, 3.63) is 69.0 Å². The summed E-state index contributed by atoms with van der Waals surface area (Å²) in [6.45, 7) is 5.62. The van der Waals surface area contributed by atoms with Gasteiger partial charge in [0.2, 0.25) is 0 Å². The monoisotopic (exact) mass is 321 g/mol. The number of benzene rings is 1. The molecule has 1 aromatic carbocycles. The zero-order chi connectivity index (χ0) is 16.3. The number of nitrogens with zero attached hydrogens (tertiary/aromatic N) is 3. The van der Waals surface area contributed by atoms with Crippen LogP contribution in [0.1, 0.15) is 18.5 Å². The molecule has 0 fully saturated rings. The zero-order valence-corrected chi connectivity index (χ0v) is 13.1. The number of hydrogen-bond acceptors (Lipinski definition) is 5. The number of methoxy groups -OCH3 is 1. The second-order valence-electron chi connectivity index (χ2n) is 4.69. The molecule has 0 amide bonds. The lowest BCUT2D eigenvalue weighted by Crippen LogP contribution is -2.41. The number of rotatable bonds is 4. The third kappa shape index (κ3) is 2.82. The third-order valence-electron chi connectivity index (χ3n) is 3.36. The molecule has 1 aliphatic heterocycles. The standard InChI is InChI=1S/C15H16ClN3O3/c1-4-9-18-14(11-7-5-6-8-12(11)16)13(19(20)21)10(2)17-15(18)22-3/h4-8,14H,1,9H2,2-3H3. The summed E-state index contributed by atoms with van der Waals surface area (Å²) in [6.07, 6.45) is 1.64. The van der Waals surface area contributed by atoms with E-state index < -0.39 is 11.0 Å². The minimum Gasteiger partial charge on any atom is -0.468 e. The molecule has 0 radical (unpaired) electrons. The lowest BCUT2D eigenvalue weighted by molar-refractivity contribution is -0.435. The second-order valence-corrected chi connectivity index (χ2v) is 5.10. The summed E-state index contributed by atoms with van der Waals surface area (Å²) in [4.78, 5) is 17.0. The summed E-state index contributed by atoms with van der Waals surface area (Å²) >= 11 is 6.25. The van der Waals surface area contributed by atoms with E-state index in [0.717, 1.165) is 0 Å². The van der Waals surface area contributed by atoms with Gasteiger partial charge in [-0.3, -0.25) is 10.1 Å². The van der Waals surface area contributed by atoms with Crippen LogP contribution in [0.25, 0.3) is 0 Å². The van der Waals surface area contributed by atoms with Gasteiger partial charge in [0, 0.05) is 17.1 Å². The van der Waals surface area contributed by atoms with Crippen molar-refractivity contribution in [1.82, 2.24) is 4.90 Å². The lowest BCUT2D eigenvalue weighted by Gasteiger charge is -2.33. The molecule has 0 N–H and O–H groups in total. The molecule has 1 heterocycles. The third-order valence-corrected chi connectivity index (χ3v) is 3.70. The Morgan fingerprint density at radius 2 is 2.23 bits per heavy atom. The maximum absolute atomic E-state index is 11.5. The Morgan fingerprint density at radius 1 is 1.55 bits per heavy atom. The first kappa shape index (κ1) is 16.0. The first-order chi connectivity index (χ1) is 10.5. The van der Waals surface area contributed by atoms with Gasteiger partial charge >= 0.3 is 0 Å². The molecule has 1 atom stereocenters. The van der Waals surface area contributed by atoms with Crippen molar-refractivity contribution >= 4 is 17.6 Å². The first-order valence-corrected chi connectivity index (χ1v) is 6.98. The Labute approximate surface area is 133 Å². The molecule has 0 bridgehead atoms. The lowest BCUT2D eigenvalue weighted by atomic mass is 9.99. The van der Waals surface area contributed by atoms with Crippen LogP contribution in [0.2, 0.25) is 5.02 Å². The molecule has 7 heteroatoms. The molecule has 6 nitrogen and oxygen atoms in total. The van der Waals surface area contributed by atoms with E-state index in [9.17, 15) is 10.1 Å². The van der Waals surface area contributed by atoms with E-state index >= 15 is 0 Å². The van der Waals surface area contributed by atoms with E-state index in [-0.39, 0.29) is 5.70 Å². The highest BCUT2D eigenvalue weighted by Crippen LogP contribution is 2.38. The van der Waals surface area contributed by atoms with Gasteiger partial charge in [0.15, 0.2) is 6.04 Å². The Kier molecular flexibility index (Phi) is 4.82. The molecule has 22 heavy (non-hydrogen) atoms. The summed E-state index contributed by atoms with van der Waals surface area (Å²) in [5.74, 6) is 0. The molecule has 0 saturated carbocycles. The van der Waals surface area contributed by atoms with Gasteiger partial charge in [-0.2, -0.15) is 4.99 Å². The van der Waals surface area contributed by atoms with Gasteiger partial charge in [-0.1, -0.05) is 35.9 Å². The molecule has 1 unspecified atom stereocenters. The average molecular weight is 322 g/mol. The van der Waals surface area contributed by atoms with Crippen LogP contribution in [0, 0.1) is 10.1 Å². The van der Waals surface area contributed by atoms with Gasteiger partial charge in [-0.25, -0.2) is 0 Å². The van der Waals surface area contributed by atoms with Gasteiger partial charge in [-0.15, -0.1) is 6.58 Å². The number of halogens is 1. The number of ether oxygens (including phenoxy) is 1. The summed E-state index contributed by atoms with van der Waals surface area (Å²) in [5.41, 5.74) is 0.907. The minimum atomic E-state index is -0.686. The topological polar surface area (TPSA) is 68.0 Å². The molecular formula is C15H16ClN3O3. The first-order valence-electron chi connectivity index (χ1n) is 6.61. The normalized spacial score (nSPS) is 18.0. The maximum Gasteiger partial charge on any atom is 0.294 e. The zero-order valence-electron chi connectivity index (χ0n) is 12.3. The Hall–Kier alpha value is -2.34. The van der Waals surface area contributed by atoms with Crippen LogP contribution in [-0.2, 0) is 4.74 Å². The molecule has 116 valence electrons. The van der Waals surface area contributed by atoms with Crippen molar-refractivity contribution in [3.63, 3.8) is 0 Å².